The number of carboxylic acids is 1. The zero-order valence-corrected chi connectivity index (χ0v) is 16.0. The van der Waals surface area contributed by atoms with E-state index in [0.717, 1.165) is 0 Å². The van der Waals surface area contributed by atoms with Crippen LogP contribution in [0.5, 0.6) is 0 Å². The lowest BCUT2D eigenvalue weighted by Crippen LogP contribution is -2.72. The molecule has 0 heterocycles. The van der Waals surface area contributed by atoms with Gasteiger partial charge in [-0.3, -0.25) is 9.59 Å². The van der Waals surface area contributed by atoms with Crippen molar-refractivity contribution < 1.29 is 90.5 Å². The van der Waals surface area contributed by atoms with Crippen molar-refractivity contribution in [1.82, 2.24) is 0 Å². The molecular weight excluding hydrogens is 553 g/mol. The summed E-state index contributed by atoms with van der Waals surface area (Å²) in [5.74, 6) is -50.1. The Balaban J connectivity index is 5.99. The summed E-state index contributed by atoms with van der Waals surface area (Å²) >= 11 is -0.956. The van der Waals surface area contributed by atoms with Gasteiger partial charge in [-0.2, -0.15) is 65.9 Å². The summed E-state index contributed by atoms with van der Waals surface area (Å²) in [6.45, 7) is 0. The second-order valence-electron chi connectivity index (χ2n) is 6.11. The van der Waals surface area contributed by atoms with E-state index in [-0.39, 0.29) is 0 Å². The molecule has 0 aliphatic rings. The second-order valence-corrected chi connectivity index (χ2v) is 7.17. The molecule has 0 saturated carbocycles. The third-order valence-electron chi connectivity index (χ3n) is 3.71. The van der Waals surface area contributed by atoms with Crippen molar-refractivity contribution in [3.8, 4) is 0 Å². The fourth-order valence-electron chi connectivity index (χ4n) is 1.74. The average molecular weight is 560 g/mol. The number of alkyl halides is 15. The van der Waals surface area contributed by atoms with Gasteiger partial charge in [0.05, 0.1) is 0 Å². The van der Waals surface area contributed by atoms with Gasteiger partial charge in [0, 0.05) is 12.8 Å². The van der Waals surface area contributed by atoms with Gasteiger partial charge in [-0.25, -0.2) is 4.79 Å². The Morgan fingerprint density at radius 2 is 1.00 bits per heavy atom. The highest BCUT2D eigenvalue weighted by Crippen LogP contribution is 2.62. The Bertz CT molecular complexity index is 807. The number of hydrogen-bond acceptors (Lipinski definition) is 5. The van der Waals surface area contributed by atoms with Crippen LogP contribution >= 0.6 is 11.8 Å². The maximum absolute atomic E-state index is 13.5. The summed E-state index contributed by atoms with van der Waals surface area (Å²) in [6.07, 6.45) is -15.9. The van der Waals surface area contributed by atoms with Gasteiger partial charge in [0.25, 0.3) is 0 Å². The molecule has 0 aromatic carbocycles. The van der Waals surface area contributed by atoms with E-state index in [1.807, 2.05) is 0 Å². The fourth-order valence-corrected chi connectivity index (χ4v) is 2.38. The first-order valence-corrected chi connectivity index (χ1v) is 8.44. The number of hydrogen-bond donors (Lipinski definition) is 2. The van der Waals surface area contributed by atoms with Crippen LogP contribution in [-0.4, -0.2) is 74.2 Å². The minimum absolute atomic E-state index is 0.956. The number of aliphatic hydroxyl groups is 1. The van der Waals surface area contributed by atoms with Crippen LogP contribution < -0.4 is 0 Å². The first kappa shape index (κ1) is 32.1. The lowest BCUT2D eigenvalue weighted by atomic mass is 9.90. The fraction of sp³-hybridized carbons (Fsp3) is 0.769. The van der Waals surface area contributed by atoms with Gasteiger partial charge in [0.1, 0.15) is 0 Å². The van der Waals surface area contributed by atoms with Crippen LogP contribution in [0.4, 0.5) is 65.9 Å². The summed E-state index contributed by atoms with van der Waals surface area (Å²) in [7, 11) is 0. The number of thioether (sulfide) groups is 1. The number of carboxylic acid groups (broad SMARTS) is 1. The first-order chi connectivity index (χ1) is 14.6. The number of carbonyl (C=O) groups excluding carboxylic acids is 2. The predicted molar refractivity (Wildman–Crippen MR) is 76.2 cm³/mol. The minimum Gasteiger partial charge on any atom is -0.479 e. The molecule has 0 bridgehead atoms. The van der Waals surface area contributed by atoms with Gasteiger partial charge in [-0.1, -0.05) is 0 Å². The van der Waals surface area contributed by atoms with Crippen molar-refractivity contribution in [3.05, 3.63) is 0 Å². The van der Waals surface area contributed by atoms with Gasteiger partial charge < -0.3 is 10.2 Å². The molecule has 21 heteroatoms. The summed E-state index contributed by atoms with van der Waals surface area (Å²) in [4.78, 5) is 32.4. The highest BCUT2D eigenvalue weighted by Gasteiger charge is 2.93. The van der Waals surface area contributed by atoms with E-state index >= 15 is 0 Å². The van der Waals surface area contributed by atoms with Gasteiger partial charge in [0.2, 0.25) is 11.2 Å². The van der Waals surface area contributed by atoms with Gasteiger partial charge in [-0.15, -0.1) is 0 Å². The number of halogens is 15. The van der Waals surface area contributed by atoms with Crippen LogP contribution in [0.25, 0.3) is 0 Å². The molecule has 1 atom stereocenters. The van der Waals surface area contributed by atoms with Gasteiger partial charge in [-0.05, 0) is 11.8 Å². The summed E-state index contributed by atoms with van der Waals surface area (Å²) in [5.41, 5.74) is 0. The Morgan fingerprint density at radius 1 is 0.647 bits per heavy atom. The van der Waals surface area contributed by atoms with Crippen molar-refractivity contribution in [2.75, 3.05) is 0 Å². The smallest absolute Gasteiger partial charge is 0.460 e. The molecule has 0 spiro atoms. The average Bonchev–Trinajstić information content (AvgIpc) is 2.63. The number of rotatable bonds is 10. The molecule has 200 valence electrons. The minimum atomic E-state index is -8.47. The van der Waals surface area contributed by atoms with Crippen molar-refractivity contribution in [1.29, 1.82) is 0 Å². The van der Waals surface area contributed by atoms with E-state index < -0.39 is 88.6 Å². The molecule has 5 nitrogen and oxygen atoms in total. The Labute approximate surface area is 180 Å². The molecule has 0 fully saturated rings. The maximum Gasteiger partial charge on any atom is 0.460 e. The monoisotopic (exact) mass is 560 g/mol. The predicted octanol–water partition coefficient (Wildman–Crippen LogP) is 4.37. The normalized spacial score (nSPS) is 15.8. The molecule has 0 aromatic heterocycles. The lowest BCUT2D eigenvalue weighted by Gasteiger charge is -2.41. The summed E-state index contributed by atoms with van der Waals surface area (Å²) < 4.78 is 195. The van der Waals surface area contributed by atoms with Gasteiger partial charge >= 0.3 is 47.7 Å². The highest BCUT2D eigenvalue weighted by molar-refractivity contribution is 8.26. The molecule has 0 amide bonds. The molecular formula is C13H7F15O5S. The standard InChI is InChI=1S/C13H7F15O5S/c14-7(15,2-1-3(29)34-6(33)4(30)5(31)32)8(16,17)9(18,19)10(20,21)11(22,23)12(24,25)13(26,27)28/h4,30H,1-2H2,(H,31,32). The highest BCUT2D eigenvalue weighted by atomic mass is 32.2. The molecule has 0 radical (unpaired) electrons. The molecule has 0 saturated heterocycles. The summed E-state index contributed by atoms with van der Waals surface area (Å²) in [5, 5.41) is 12.8. The first-order valence-electron chi connectivity index (χ1n) is 7.62. The van der Waals surface area contributed by atoms with Crippen LogP contribution in [0.1, 0.15) is 12.8 Å². The van der Waals surface area contributed by atoms with Crippen molar-refractivity contribution in [2.24, 2.45) is 0 Å². The molecule has 1 unspecified atom stereocenters. The van der Waals surface area contributed by atoms with Crippen molar-refractivity contribution in [2.45, 2.75) is 60.7 Å². The zero-order chi connectivity index (χ0) is 27.9. The Kier molecular flexibility index (Phi) is 8.74. The van der Waals surface area contributed by atoms with Crippen LogP contribution in [0.3, 0.4) is 0 Å². The zero-order valence-electron chi connectivity index (χ0n) is 15.2. The van der Waals surface area contributed by atoms with Crippen LogP contribution in [0.2, 0.25) is 0 Å². The molecule has 0 aliphatic carbocycles. The largest absolute Gasteiger partial charge is 0.479 e. The molecule has 34 heavy (non-hydrogen) atoms. The topological polar surface area (TPSA) is 91.7 Å². The van der Waals surface area contributed by atoms with E-state index in [0.29, 0.717) is 0 Å². The maximum atomic E-state index is 13.5. The van der Waals surface area contributed by atoms with E-state index in [2.05, 4.69) is 0 Å². The quantitative estimate of drug-likeness (QED) is 0.305. The second kappa shape index (κ2) is 9.26. The molecule has 0 rings (SSSR count). The van der Waals surface area contributed by atoms with Gasteiger partial charge in [0.15, 0.2) is 5.12 Å². The molecule has 2 N–H and O–H groups in total. The van der Waals surface area contributed by atoms with Crippen molar-refractivity contribution >= 4 is 28.0 Å². The van der Waals surface area contributed by atoms with E-state index in [1.54, 1.807) is 0 Å². The van der Waals surface area contributed by atoms with E-state index in [1.165, 1.54) is 0 Å². The Hall–Kier alpha value is -1.93. The SMILES string of the molecule is O=C(CCC(F)(F)C(F)(F)C(F)(F)C(F)(F)C(F)(F)C(F)(F)C(F)(F)F)SC(=O)C(O)C(=O)O. The van der Waals surface area contributed by atoms with Crippen molar-refractivity contribution in [3.63, 3.8) is 0 Å². The summed E-state index contributed by atoms with van der Waals surface area (Å²) in [6, 6.07) is 0. The third-order valence-corrected chi connectivity index (χ3v) is 4.56. The Morgan fingerprint density at radius 3 is 1.35 bits per heavy atom. The number of aliphatic hydroxyl groups excluding tert-OH is 1. The molecule has 0 aromatic rings. The number of carbonyl (C=O) groups is 3. The molecule has 0 aliphatic heterocycles. The van der Waals surface area contributed by atoms with Crippen LogP contribution in [-0.2, 0) is 14.4 Å². The van der Waals surface area contributed by atoms with Crippen LogP contribution in [0, 0.1) is 0 Å². The lowest BCUT2D eigenvalue weighted by molar-refractivity contribution is -0.452. The third kappa shape index (κ3) is 5.18. The van der Waals surface area contributed by atoms with Crippen LogP contribution in [0.15, 0.2) is 0 Å². The van der Waals surface area contributed by atoms with E-state index in [4.69, 9.17) is 10.2 Å². The van der Waals surface area contributed by atoms with E-state index in [9.17, 15) is 80.2 Å². The number of aliphatic carboxylic acids is 1.